The van der Waals surface area contributed by atoms with Crippen molar-refractivity contribution in [2.75, 3.05) is 0 Å². The second-order valence-corrected chi connectivity index (χ2v) is 5.41. The number of furan rings is 1. The Morgan fingerprint density at radius 1 is 1.33 bits per heavy atom. The molecule has 96 valence electrons. The maximum Gasteiger partial charge on any atom is 0.134 e. The van der Waals surface area contributed by atoms with E-state index in [4.69, 9.17) is 4.42 Å². The van der Waals surface area contributed by atoms with Crippen molar-refractivity contribution in [1.29, 1.82) is 0 Å². The van der Waals surface area contributed by atoms with Crippen LogP contribution in [0.1, 0.15) is 50.0 Å². The van der Waals surface area contributed by atoms with Crippen LogP contribution in [0.3, 0.4) is 0 Å². The molecule has 0 aliphatic heterocycles. The largest absolute Gasteiger partial charge is 0.458 e. The molecule has 0 amide bonds. The molecule has 0 radical (unpaired) electrons. The van der Waals surface area contributed by atoms with E-state index in [-0.39, 0.29) is 0 Å². The molecule has 1 aliphatic carbocycles. The fourth-order valence-corrected chi connectivity index (χ4v) is 2.44. The Bertz CT molecular complexity index is 537. The summed E-state index contributed by atoms with van der Waals surface area (Å²) in [6.07, 6.45) is 5.41. The number of aliphatic hydroxyl groups is 1. The monoisotopic (exact) mass is 244 g/mol. The maximum atomic E-state index is 10.1. The number of benzene rings is 1. The molecule has 1 heterocycles. The molecule has 1 aromatic carbocycles. The standard InChI is InChI=1S/C16H20O2/c1-2-3-4-11-5-8-14-13(9-11)10-15(18-14)16(17)12-6-7-12/h5,8-10,12,16-17H,2-4,6-7H2,1H3. The lowest BCUT2D eigenvalue weighted by atomic mass is 10.1. The van der Waals surface area contributed by atoms with E-state index < -0.39 is 6.10 Å². The van der Waals surface area contributed by atoms with Crippen LogP contribution in [-0.4, -0.2) is 5.11 Å². The minimum atomic E-state index is -0.406. The van der Waals surface area contributed by atoms with Gasteiger partial charge < -0.3 is 9.52 Å². The second-order valence-electron chi connectivity index (χ2n) is 5.41. The molecule has 1 atom stereocenters. The Kier molecular flexibility index (Phi) is 3.13. The Labute approximate surface area is 108 Å². The van der Waals surface area contributed by atoms with Crippen LogP contribution < -0.4 is 0 Å². The Hall–Kier alpha value is -1.28. The third-order valence-corrected chi connectivity index (χ3v) is 3.78. The summed E-state index contributed by atoms with van der Waals surface area (Å²) in [5, 5.41) is 11.2. The Morgan fingerprint density at radius 3 is 2.89 bits per heavy atom. The van der Waals surface area contributed by atoms with Crippen LogP contribution in [-0.2, 0) is 6.42 Å². The van der Waals surface area contributed by atoms with Gasteiger partial charge in [0.15, 0.2) is 0 Å². The van der Waals surface area contributed by atoms with Crippen LogP contribution >= 0.6 is 0 Å². The molecule has 0 spiro atoms. The van der Waals surface area contributed by atoms with Gasteiger partial charge in [-0.2, -0.15) is 0 Å². The van der Waals surface area contributed by atoms with E-state index in [2.05, 4.69) is 19.1 Å². The number of hydrogen-bond donors (Lipinski definition) is 1. The molecule has 1 saturated carbocycles. The van der Waals surface area contributed by atoms with E-state index in [9.17, 15) is 5.11 Å². The van der Waals surface area contributed by atoms with E-state index in [1.165, 1.54) is 18.4 Å². The highest BCUT2D eigenvalue weighted by molar-refractivity contribution is 5.78. The van der Waals surface area contributed by atoms with Crippen LogP contribution in [0.2, 0.25) is 0 Å². The van der Waals surface area contributed by atoms with Gasteiger partial charge in [0.25, 0.3) is 0 Å². The number of hydrogen-bond acceptors (Lipinski definition) is 2. The van der Waals surface area contributed by atoms with E-state index in [1.54, 1.807) is 0 Å². The summed E-state index contributed by atoms with van der Waals surface area (Å²) < 4.78 is 5.74. The predicted molar refractivity (Wildman–Crippen MR) is 72.5 cm³/mol. The van der Waals surface area contributed by atoms with Gasteiger partial charge in [0, 0.05) is 5.39 Å². The van der Waals surface area contributed by atoms with Crippen LogP contribution in [0.25, 0.3) is 11.0 Å². The van der Waals surface area contributed by atoms with Gasteiger partial charge in [0.2, 0.25) is 0 Å². The van der Waals surface area contributed by atoms with Crippen LogP contribution in [0.5, 0.6) is 0 Å². The molecule has 1 N–H and O–H groups in total. The Morgan fingerprint density at radius 2 is 2.17 bits per heavy atom. The molecule has 2 nitrogen and oxygen atoms in total. The maximum absolute atomic E-state index is 10.1. The number of fused-ring (bicyclic) bond motifs is 1. The fraction of sp³-hybridized carbons (Fsp3) is 0.500. The quantitative estimate of drug-likeness (QED) is 0.854. The molecular formula is C16H20O2. The summed E-state index contributed by atoms with van der Waals surface area (Å²) in [5.41, 5.74) is 2.25. The highest BCUT2D eigenvalue weighted by Gasteiger charge is 2.32. The molecule has 1 aromatic heterocycles. The molecule has 18 heavy (non-hydrogen) atoms. The minimum absolute atomic E-state index is 0.406. The van der Waals surface area contributed by atoms with Gasteiger partial charge in [-0.3, -0.25) is 0 Å². The third kappa shape index (κ3) is 2.30. The highest BCUT2D eigenvalue weighted by atomic mass is 16.4. The molecule has 2 aromatic rings. The summed E-state index contributed by atoms with van der Waals surface area (Å²) in [6.45, 7) is 2.21. The zero-order chi connectivity index (χ0) is 12.5. The fourth-order valence-electron chi connectivity index (χ4n) is 2.44. The SMILES string of the molecule is CCCCc1ccc2oc(C(O)C3CC3)cc2c1. The van der Waals surface area contributed by atoms with Gasteiger partial charge in [0.1, 0.15) is 17.4 Å². The van der Waals surface area contributed by atoms with Crippen molar-refractivity contribution in [2.45, 2.75) is 45.1 Å². The molecule has 1 fully saturated rings. The average molecular weight is 244 g/mol. The van der Waals surface area contributed by atoms with Gasteiger partial charge >= 0.3 is 0 Å². The topological polar surface area (TPSA) is 33.4 Å². The van der Waals surface area contributed by atoms with Gasteiger partial charge in [-0.1, -0.05) is 19.4 Å². The summed E-state index contributed by atoms with van der Waals surface area (Å²) in [5.74, 6) is 1.16. The number of aryl methyl sites for hydroxylation is 1. The lowest BCUT2D eigenvalue weighted by Crippen LogP contribution is -1.96. The first-order valence-corrected chi connectivity index (χ1v) is 6.98. The zero-order valence-corrected chi connectivity index (χ0v) is 10.9. The number of aliphatic hydroxyl groups excluding tert-OH is 1. The number of rotatable bonds is 5. The van der Waals surface area contributed by atoms with Crippen molar-refractivity contribution in [1.82, 2.24) is 0 Å². The first kappa shape index (κ1) is 11.8. The van der Waals surface area contributed by atoms with E-state index in [1.807, 2.05) is 12.1 Å². The Balaban J connectivity index is 1.86. The van der Waals surface area contributed by atoms with E-state index in [0.717, 1.165) is 36.0 Å². The van der Waals surface area contributed by atoms with Crippen LogP contribution in [0.4, 0.5) is 0 Å². The summed E-state index contributed by atoms with van der Waals surface area (Å²) in [6, 6.07) is 8.36. The van der Waals surface area contributed by atoms with Crippen molar-refractivity contribution < 1.29 is 9.52 Å². The molecule has 0 saturated heterocycles. The lowest BCUT2D eigenvalue weighted by Gasteiger charge is -2.03. The average Bonchev–Trinajstić information content (AvgIpc) is 3.14. The summed E-state index contributed by atoms with van der Waals surface area (Å²) in [7, 11) is 0. The zero-order valence-electron chi connectivity index (χ0n) is 10.9. The van der Waals surface area contributed by atoms with Crippen molar-refractivity contribution >= 4 is 11.0 Å². The first-order chi connectivity index (χ1) is 8.78. The van der Waals surface area contributed by atoms with Crippen molar-refractivity contribution in [2.24, 2.45) is 5.92 Å². The van der Waals surface area contributed by atoms with Gasteiger partial charge in [-0.15, -0.1) is 0 Å². The molecule has 0 bridgehead atoms. The molecule has 3 rings (SSSR count). The van der Waals surface area contributed by atoms with Gasteiger partial charge in [-0.05, 0) is 55.4 Å². The third-order valence-electron chi connectivity index (χ3n) is 3.78. The minimum Gasteiger partial charge on any atom is -0.458 e. The van der Waals surface area contributed by atoms with E-state index in [0.29, 0.717) is 5.92 Å². The molecular weight excluding hydrogens is 224 g/mol. The predicted octanol–water partition coefficient (Wildman–Crippen LogP) is 4.22. The summed E-state index contributed by atoms with van der Waals surface area (Å²) >= 11 is 0. The molecule has 1 aliphatic rings. The highest BCUT2D eigenvalue weighted by Crippen LogP contribution is 2.42. The normalized spacial score (nSPS) is 17.2. The number of unbranched alkanes of at least 4 members (excludes halogenated alkanes) is 1. The first-order valence-electron chi connectivity index (χ1n) is 6.98. The van der Waals surface area contributed by atoms with Crippen LogP contribution in [0, 0.1) is 5.92 Å². The molecule has 1 unspecified atom stereocenters. The second kappa shape index (κ2) is 4.77. The summed E-state index contributed by atoms with van der Waals surface area (Å²) in [4.78, 5) is 0. The molecule has 2 heteroatoms. The van der Waals surface area contributed by atoms with Crippen LogP contribution in [0.15, 0.2) is 28.7 Å². The van der Waals surface area contributed by atoms with Gasteiger partial charge in [0.05, 0.1) is 0 Å². The van der Waals surface area contributed by atoms with Crippen molar-refractivity contribution in [3.05, 3.63) is 35.6 Å². The smallest absolute Gasteiger partial charge is 0.134 e. The lowest BCUT2D eigenvalue weighted by molar-refractivity contribution is 0.129. The van der Waals surface area contributed by atoms with Crippen molar-refractivity contribution in [3.8, 4) is 0 Å². The van der Waals surface area contributed by atoms with E-state index >= 15 is 0 Å². The van der Waals surface area contributed by atoms with Crippen molar-refractivity contribution in [3.63, 3.8) is 0 Å². The van der Waals surface area contributed by atoms with Gasteiger partial charge in [-0.25, -0.2) is 0 Å².